The Morgan fingerprint density at radius 1 is 1.30 bits per heavy atom. The molecule has 20 heavy (non-hydrogen) atoms. The molecule has 108 valence electrons. The normalized spacial score (nSPS) is 26.1. The molecule has 0 radical (unpaired) electrons. The third-order valence-electron chi connectivity index (χ3n) is 4.44. The van der Waals surface area contributed by atoms with E-state index in [1.807, 2.05) is 24.3 Å². The number of carbonyl (C=O) groups is 2. The number of hydrogen-bond donors (Lipinski definition) is 2. The molecule has 1 saturated carbocycles. The van der Waals surface area contributed by atoms with Crippen molar-refractivity contribution in [1.29, 1.82) is 0 Å². The van der Waals surface area contributed by atoms with Crippen molar-refractivity contribution in [2.45, 2.75) is 37.5 Å². The number of carboxylic acids is 1. The zero-order chi connectivity index (χ0) is 14.6. The summed E-state index contributed by atoms with van der Waals surface area (Å²) in [5.74, 6) is -0.319. The number of aldehydes is 1. The highest BCUT2D eigenvalue weighted by Gasteiger charge is 2.36. The van der Waals surface area contributed by atoms with Gasteiger partial charge in [0, 0.05) is 0 Å². The first kappa shape index (κ1) is 14.7. The number of nitrogens with two attached hydrogens (primary N) is 1. The summed E-state index contributed by atoms with van der Waals surface area (Å²) in [6.45, 7) is 0.687. The maximum absolute atomic E-state index is 11.6. The van der Waals surface area contributed by atoms with Gasteiger partial charge in [0.1, 0.15) is 6.29 Å². The van der Waals surface area contributed by atoms with Crippen LogP contribution >= 0.6 is 0 Å². The monoisotopic (exact) mass is 275 g/mol. The third kappa shape index (κ3) is 3.07. The molecule has 1 aliphatic carbocycles. The molecule has 4 heteroatoms. The van der Waals surface area contributed by atoms with E-state index in [9.17, 15) is 9.59 Å². The molecule has 0 aliphatic heterocycles. The Bertz CT molecular complexity index is 473. The Morgan fingerprint density at radius 2 is 1.90 bits per heavy atom. The van der Waals surface area contributed by atoms with Gasteiger partial charge in [-0.15, -0.1) is 0 Å². The zero-order valence-corrected chi connectivity index (χ0v) is 11.5. The summed E-state index contributed by atoms with van der Waals surface area (Å²) < 4.78 is 0. The highest BCUT2D eigenvalue weighted by molar-refractivity contribution is 5.71. The molecule has 0 atom stereocenters. The number of carbonyl (C=O) groups excluding carboxylic acids is 1. The van der Waals surface area contributed by atoms with Crippen LogP contribution in [0, 0.1) is 5.92 Å². The molecule has 0 amide bonds. The molecule has 0 saturated heterocycles. The summed E-state index contributed by atoms with van der Waals surface area (Å²) in [6.07, 6.45) is 4.70. The maximum atomic E-state index is 11.6. The highest BCUT2D eigenvalue weighted by atomic mass is 16.4. The molecule has 1 fully saturated rings. The second kappa shape index (κ2) is 6.18. The predicted octanol–water partition coefficient (Wildman–Crippen LogP) is 1.90. The molecular weight excluding hydrogens is 254 g/mol. The van der Waals surface area contributed by atoms with Crippen LogP contribution in [-0.2, 0) is 21.4 Å². The Balaban J connectivity index is 2.15. The van der Waals surface area contributed by atoms with Crippen molar-refractivity contribution in [2.75, 3.05) is 6.54 Å². The molecule has 0 spiro atoms. The van der Waals surface area contributed by atoms with E-state index in [1.165, 1.54) is 0 Å². The Labute approximate surface area is 119 Å². The first-order valence-electron chi connectivity index (χ1n) is 7.07. The summed E-state index contributed by atoms with van der Waals surface area (Å²) in [5.41, 5.74) is 7.04. The van der Waals surface area contributed by atoms with Crippen LogP contribution in [0.4, 0.5) is 0 Å². The van der Waals surface area contributed by atoms with Gasteiger partial charge in [0.2, 0.25) is 0 Å². The second-order valence-corrected chi connectivity index (χ2v) is 5.72. The van der Waals surface area contributed by atoms with Crippen molar-refractivity contribution in [1.82, 2.24) is 0 Å². The molecule has 1 aromatic carbocycles. The molecule has 0 aromatic heterocycles. The van der Waals surface area contributed by atoms with Crippen LogP contribution in [-0.4, -0.2) is 23.9 Å². The van der Waals surface area contributed by atoms with E-state index in [4.69, 9.17) is 10.8 Å². The largest absolute Gasteiger partial charge is 0.481 e. The number of aliphatic carboxylic acids is 1. The van der Waals surface area contributed by atoms with Crippen LogP contribution in [0.15, 0.2) is 24.3 Å². The van der Waals surface area contributed by atoms with Crippen molar-refractivity contribution in [3.8, 4) is 0 Å². The Hall–Kier alpha value is -1.68. The topological polar surface area (TPSA) is 80.4 Å². The van der Waals surface area contributed by atoms with Gasteiger partial charge in [-0.1, -0.05) is 24.3 Å². The molecule has 4 nitrogen and oxygen atoms in total. The van der Waals surface area contributed by atoms with Gasteiger partial charge in [0.15, 0.2) is 0 Å². The van der Waals surface area contributed by atoms with Crippen molar-refractivity contribution < 1.29 is 14.7 Å². The Morgan fingerprint density at radius 3 is 2.35 bits per heavy atom. The first-order chi connectivity index (χ1) is 9.59. The lowest BCUT2D eigenvalue weighted by atomic mass is 9.67. The van der Waals surface area contributed by atoms with Gasteiger partial charge >= 0.3 is 5.97 Å². The summed E-state index contributed by atoms with van der Waals surface area (Å²) in [4.78, 5) is 22.3. The number of rotatable bonds is 5. The minimum Gasteiger partial charge on any atom is -0.481 e. The van der Waals surface area contributed by atoms with Crippen LogP contribution in [0.1, 0.15) is 36.8 Å². The number of benzene rings is 1. The van der Waals surface area contributed by atoms with Gasteiger partial charge in [-0.25, -0.2) is 0 Å². The number of hydrogen-bond acceptors (Lipinski definition) is 3. The van der Waals surface area contributed by atoms with Gasteiger partial charge in [0.25, 0.3) is 0 Å². The van der Waals surface area contributed by atoms with E-state index < -0.39 is 11.4 Å². The molecule has 0 heterocycles. The molecular formula is C16H21NO3. The molecule has 1 aromatic rings. The van der Waals surface area contributed by atoms with Crippen molar-refractivity contribution in [2.24, 2.45) is 11.7 Å². The Kier molecular flexibility index (Phi) is 4.55. The first-order valence-corrected chi connectivity index (χ1v) is 7.07. The SMILES string of the molecule is NCC1CCC(C=O)(c2ccc(CC(=O)O)cc2)CC1. The van der Waals surface area contributed by atoms with E-state index in [2.05, 4.69) is 0 Å². The summed E-state index contributed by atoms with van der Waals surface area (Å²) >= 11 is 0. The fourth-order valence-electron chi connectivity index (χ4n) is 3.03. The smallest absolute Gasteiger partial charge is 0.307 e. The van der Waals surface area contributed by atoms with Gasteiger partial charge in [-0.05, 0) is 49.3 Å². The standard InChI is InChI=1S/C16H21NO3/c17-10-13-5-7-16(11-18,8-6-13)14-3-1-12(2-4-14)9-15(19)20/h1-4,11,13H,5-10,17H2,(H,19,20). The quantitative estimate of drug-likeness (QED) is 0.804. The van der Waals surface area contributed by atoms with Crippen molar-refractivity contribution in [3.63, 3.8) is 0 Å². The second-order valence-electron chi connectivity index (χ2n) is 5.72. The lowest BCUT2D eigenvalue weighted by Crippen LogP contribution is -2.35. The van der Waals surface area contributed by atoms with Crippen LogP contribution in [0.2, 0.25) is 0 Å². The molecule has 2 rings (SSSR count). The van der Waals surface area contributed by atoms with E-state index in [-0.39, 0.29) is 6.42 Å². The third-order valence-corrected chi connectivity index (χ3v) is 4.44. The van der Waals surface area contributed by atoms with Crippen LogP contribution in [0.5, 0.6) is 0 Å². The van der Waals surface area contributed by atoms with Crippen LogP contribution < -0.4 is 5.73 Å². The van der Waals surface area contributed by atoms with Crippen molar-refractivity contribution >= 4 is 12.3 Å². The lowest BCUT2D eigenvalue weighted by Gasteiger charge is -2.36. The summed E-state index contributed by atoms with van der Waals surface area (Å²) in [5, 5.41) is 8.77. The zero-order valence-electron chi connectivity index (χ0n) is 11.5. The van der Waals surface area contributed by atoms with Crippen LogP contribution in [0.25, 0.3) is 0 Å². The predicted molar refractivity (Wildman–Crippen MR) is 76.5 cm³/mol. The fraction of sp³-hybridized carbons (Fsp3) is 0.500. The average molecular weight is 275 g/mol. The fourth-order valence-corrected chi connectivity index (χ4v) is 3.03. The van der Waals surface area contributed by atoms with E-state index in [0.717, 1.165) is 43.1 Å². The maximum Gasteiger partial charge on any atom is 0.307 e. The van der Waals surface area contributed by atoms with E-state index >= 15 is 0 Å². The van der Waals surface area contributed by atoms with Crippen molar-refractivity contribution in [3.05, 3.63) is 35.4 Å². The summed E-state index contributed by atoms with van der Waals surface area (Å²) in [6, 6.07) is 7.42. The van der Waals surface area contributed by atoms with Crippen LogP contribution in [0.3, 0.4) is 0 Å². The minimum absolute atomic E-state index is 0.0175. The molecule has 0 bridgehead atoms. The van der Waals surface area contributed by atoms with Gasteiger partial charge in [-0.3, -0.25) is 4.79 Å². The van der Waals surface area contributed by atoms with E-state index in [1.54, 1.807) is 0 Å². The van der Waals surface area contributed by atoms with E-state index in [0.29, 0.717) is 12.5 Å². The average Bonchev–Trinajstić information content (AvgIpc) is 2.47. The highest BCUT2D eigenvalue weighted by Crippen LogP contribution is 2.39. The minimum atomic E-state index is -0.841. The number of carboxylic acid groups (broad SMARTS) is 1. The van der Waals surface area contributed by atoms with Gasteiger partial charge < -0.3 is 15.6 Å². The molecule has 1 aliphatic rings. The summed E-state index contributed by atoms with van der Waals surface area (Å²) in [7, 11) is 0. The lowest BCUT2D eigenvalue weighted by molar-refractivity contribution is -0.136. The van der Waals surface area contributed by atoms with Gasteiger partial charge in [0.05, 0.1) is 11.8 Å². The van der Waals surface area contributed by atoms with Gasteiger partial charge in [-0.2, -0.15) is 0 Å². The molecule has 0 unspecified atom stereocenters. The molecule has 3 N–H and O–H groups in total.